The fourth-order valence-corrected chi connectivity index (χ4v) is 1.88. The summed E-state index contributed by atoms with van der Waals surface area (Å²) in [5, 5.41) is 0. The van der Waals surface area contributed by atoms with E-state index >= 15 is 0 Å². The first-order valence-corrected chi connectivity index (χ1v) is 5.58. The van der Waals surface area contributed by atoms with Gasteiger partial charge in [0.15, 0.2) is 5.75 Å². The van der Waals surface area contributed by atoms with Crippen molar-refractivity contribution in [2.45, 2.75) is 4.90 Å². The molecule has 0 aromatic heterocycles. The molecule has 1 aromatic carbocycles. The van der Waals surface area contributed by atoms with Crippen LogP contribution in [0.3, 0.4) is 0 Å². The van der Waals surface area contributed by atoms with Crippen LogP contribution in [0.5, 0.6) is 5.75 Å². The number of benzene rings is 1. The highest BCUT2D eigenvalue weighted by Gasteiger charge is 2.22. The van der Waals surface area contributed by atoms with Gasteiger partial charge in [0.2, 0.25) is 0 Å². The zero-order valence-electron chi connectivity index (χ0n) is 8.63. The van der Waals surface area contributed by atoms with Crippen LogP contribution in [0.2, 0.25) is 0 Å². The van der Waals surface area contributed by atoms with E-state index in [-0.39, 0.29) is 11.3 Å². The molecule has 6 nitrogen and oxygen atoms in total. The predicted molar refractivity (Wildman–Crippen MR) is 54.1 cm³/mol. The van der Waals surface area contributed by atoms with E-state index in [0.717, 1.165) is 13.2 Å². The monoisotopic (exact) mass is 246 g/mol. The molecule has 0 aliphatic carbocycles. The maximum Gasteiger partial charge on any atom is 0.341 e. The molecular weight excluding hydrogens is 236 g/mol. The van der Waals surface area contributed by atoms with E-state index in [0.29, 0.717) is 0 Å². The molecule has 0 saturated heterocycles. The Kier molecular flexibility index (Phi) is 3.51. The van der Waals surface area contributed by atoms with E-state index in [1.807, 2.05) is 0 Å². The van der Waals surface area contributed by atoms with Crippen molar-refractivity contribution in [3.05, 3.63) is 23.8 Å². The van der Waals surface area contributed by atoms with Crippen molar-refractivity contribution in [3.8, 4) is 5.75 Å². The molecule has 1 aromatic rings. The minimum absolute atomic E-state index is 0.0693. The first kappa shape index (κ1) is 12.5. The minimum atomic E-state index is -4.44. The Morgan fingerprint density at radius 3 is 2.38 bits per heavy atom. The maximum atomic E-state index is 11.3. The van der Waals surface area contributed by atoms with Crippen molar-refractivity contribution < 1.29 is 27.2 Å². The Bertz CT molecular complexity index is 505. The lowest BCUT2D eigenvalue weighted by atomic mass is 10.2. The average Bonchev–Trinajstić information content (AvgIpc) is 2.25. The van der Waals surface area contributed by atoms with E-state index in [9.17, 15) is 13.2 Å². The third kappa shape index (κ3) is 2.31. The smallest absolute Gasteiger partial charge is 0.341 e. The molecule has 0 fully saturated rings. The number of carbonyl (C=O) groups is 1. The highest BCUT2D eigenvalue weighted by Crippen LogP contribution is 2.28. The van der Waals surface area contributed by atoms with Gasteiger partial charge in [-0.2, -0.15) is 8.42 Å². The Morgan fingerprint density at radius 1 is 1.31 bits per heavy atom. The van der Waals surface area contributed by atoms with E-state index in [1.165, 1.54) is 19.2 Å². The molecule has 1 N–H and O–H groups in total. The van der Waals surface area contributed by atoms with Crippen LogP contribution in [0.1, 0.15) is 10.4 Å². The molecule has 0 aliphatic heterocycles. The van der Waals surface area contributed by atoms with Crippen LogP contribution in [0.4, 0.5) is 0 Å². The van der Waals surface area contributed by atoms with E-state index in [1.54, 1.807) is 0 Å². The van der Waals surface area contributed by atoms with Crippen molar-refractivity contribution in [2.75, 3.05) is 14.2 Å². The number of carbonyl (C=O) groups excluding carboxylic acids is 1. The summed E-state index contributed by atoms with van der Waals surface area (Å²) in [7, 11) is -2.10. The Balaban J connectivity index is 3.50. The third-order valence-corrected chi connectivity index (χ3v) is 2.74. The molecule has 7 heteroatoms. The second-order valence-electron chi connectivity index (χ2n) is 2.80. The van der Waals surface area contributed by atoms with Gasteiger partial charge >= 0.3 is 5.97 Å². The van der Waals surface area contributed by atoms with Crippen LogP contribution < -0.4 is 4.74 Å². The average molecular weight is 246 g/mol. The van der Waals surface area contributed by atoms with Crippen molar-refractivity contribution in [3.63, 3.8) is 0 Å². The summed E-state index contributed by atoms with van der Waals surface area (Å²) in [5.74, 6) is -0.987. The molecular formula is C9H10O6S. The van der Waals surface area contributed by atoms with E-state index < -0.39 is 21.0 Å². The lowest BCUT2D eigenvalue weighted by molar-refractivity contribution is 0.0596. The van der Waals surface area contributed by atoms with Gasteiger partial charge in [0.1, 0.15) is 10.5 Å². The Morgan fingerprint density at radius 2 is 1.94 bits per heavy atom. The second kappa shape index (κ2) is 4.50. The fourth-order valence-electron chi connectivity index (χ4n) is 1.20. The van der Waals surface area contributed by atoms with Gasteiger partial charge in [-0.15, -0.1) is 0 Å². The van der Waals surface area contributed by atoms with Crippen molar-refractivity contribution in [1.82, 2.24) is 0 Å². The maximum absolute atomic E-state index is 11.3. The summed E-state index contributed by atoms with van der Waals surface area (Å²) in [6.07, 6.45) is 0. The van der Waals surface area contributed by atoms with Gasteiger partial charge in [0.05, 0.1) is 14.2 Å². The van der Waals surface area contributed by atoms with E-state index in [2.05, 4.69) is 4.74 Å². The van der Waals surface area contributed by atoms with Gasteiger partial charge in [0.25, 0.3) is 10.1 Å². The number of ether oxygens (including phenoxy) is 2. The summed E-state index contributed by atoms with van der Waals surface area (Å²) >= 11 is 0. The molecule has 0 aliphatic rings. The number of esters is 1. The molecule has 88 valence electrons. The number of rotatable bonds is 3. The van der Waals surface area contributed by atoms with Crippen LogP contribution >= 0.6 is 0 Å². The van der Waals surface area contributed by atoms with Crippen LogP contribution in [-0.4, -0.2) is 33.2 Å². The lowest BCUT2D eigenvalue weighted by Gasteiger charge is -2.09. The highest BCUT2D eigenvalue weighted by molar-refractivity contribution is 7.86. The first-order chi connectivity index (χ1) is 7.41. The summed E-state index contributed by atoms with van der Waals surface area (Å²) in [5.41, 5.74) is -0.0693. The van der Waals surface area contributed by atoms with Crippen LogP contribution in [0, 0.1) is 0 Å². The van der Waals surface area contributed by atoms with Gasteiger partial charge in [0, 0.05) is 0 Å². The summed E-state index contributed by atoms with van der Waals surface area (Å²) in [6, 6.07) is 3.76. The van der Waals surface area contributed by atoms with Crippen molar-refractivity contribution in [1.29, 1.82) is 0 Å². The molecule has 0 unspecified atom stereocenters. The highest BCUT2D eigenvalue weighted by atomic mass is 32.2. The molecule has 0 spiro atoms. The zero-order chi connectivity index (χ0) is 12.3. The molecule has 0 atom stereocenters. The fraction of sp³-hybridized carbons (Fsp3) is 0.222. The third-order valence-electron chi connectivity index (χ3n) is 1.87. The molecule has 0 amide bonds. The van der Waals surface area contributed by atoms with Crippen LogP contribution in [-0.2, 0) is 14.9 Å². The van der Waals surface area contributed by atoms with Gasteiger partial charge in [-0.25, -0.2) is 4.79 Å². The number of hydrogen-bond donors (Lipinski definition) is 1. The summed E-state index contributed by atoms with van der Waals surface area (Å²) < 4.78 is 40.2. The van der Waals surface area contributed by atoms with Crippen molar-refractivity contribution in [2.24, 2.45) is 0 Å². The minimum Gasteiger partial charge on any atom is -0.494 e. The SMILES string of the molecule is COC(=O)c1cccc(S(=O)(=O)O)c1OC. The van der Waals surface area contributed by atoms with Crippen LogP contribution in [0.15, 0.2) is 23.1 Å². The Hall–Kier alpha value is -1.60. The first-order valence-electron chi connectivity index (χ1n) is 4.14. The quantitative estimate of drug-likeness (QED) is 0.624. The van der Waals surface area contributed by atoms with E-state index in [4.69, 9.17) is 9.29 Å². The molecule has 0 heterocycles. The molecule has 0 radical (unpaired) electrons. The molecule has 0 saturated carbocycles. The molecule has 0 bridgehead atoms. The molecule has 1 rings (SSSR count). The lowest BCUT2D eigenvalue weighted by Crippen LogP contribution is -2.08. The molecule has 16 heavy (non-hydrogen) atoms. The van der Waals surface area contributed by atoms with Gasteiger partial charge < -0.3 is 9.47 Å². The second-order valence-corrected chi connectivity index (χ2v) is 4.19. The Labute approximate surface area is 92.5 Å². The summed E-state index contributed by atoms with van der Waals surface area (Å²) in [4.78, 5) is 10.8. The van der Waals surface area contributed by atoms with Crippen LogP contribution in [0.25, 0.3) is 0 Å². The zero-order valence-corrected chi connectivity index (χ0v) is 9.45. The predicted octanol–water partition coefficient (Wildman–Crippen LogP) is 0.728. The van der Waals surface area contributed by atoms with Gasteiger partial charge in [-0.1, -0.05) is 6.07 Å². The van der Waals surface area contributed by atoms with Gasteiger partial charge in [-0.05, 0) is 12.1 Å². The standard InChI is InChI=1S/C9H10O6S/c1-14-8-6(9(10)15-2)4-3-5-7(8)16(11,12)13/h3-5H,1-2H3,(H,11,12,13). The number of hydrogen-bond acceptors (Lipinski definition) is 5. The largest absolute Gasteiger partial charge is 0.494 e. The summed E-state index contributed by atoms with van der Waals surface area (Å²) in [6.45, 7) is 0. The topological polar surface area (TPSA) is 89.9 Å². The van der Waals surface area contributed by atoms with Gasteiger partial charge in [-0.3, -0.25) is 4.55 Å². The van der Waals surface area contributed by atoms with Crippen molar-refractivity contribution >= 4 is 16.1 Å². The number of methoxy groups -OCH3 is 2. The number of para-hydroxylation sites is 1. The normalized spacial score (nSPS) is 10.9.